The monoisotopic (exact) mass is 257 g/mol. The van der Waals surface area contributed by atoms with Gasteiger partial charge in [0.05, 0.1) is 9.93 Å². The van der Waals surface area contributed by atoms with Gasteiger partial charge in [-0.15, -0.1) is 0 Å². The van der Waals surface area contributed by atoms with Crippen molar-refractivity contribution >= 4 is 40.6 Å². The number of nitrogens with one attached hydrogen (secondary N) is 1. The predicted molar refractivity (Wildman–Crippen MR) is 60.5 cm³/mol. The van der Waals surface area contributed by atoms with Crippen molar-refractivity contribution in [3.63, 3.8) is 0 Å². The van der Waals surface area contributed by atoms with Gasteiger partial charge in [0.1, 0.15) is 5.82 Å². The quantitative estimate of drug-likeness (QED) is 0.787. The van der Waals surface area contributed by atoms with Crippen LogP contribution in [-0.4, -0.2) is 11.1 Å². The van der Waals surface area contributed by atoms with Crippen LogP contribution in [0.25, 0.3) is 6.08 Å². The van der Waals surface area contributed by atoms with Gasteiger partial charge in [0.2, 0.25) is 0 Å². The highest BCUT2D eigenvalue weighted by molar-refractivity contribution is 8.18. The Bertz CT molecular complexity index is 516. The van der Waals surface area contributed by atoms with Gasteiger partial charge in [0, 0.05) is 0 Å². The molecule has 0 aromatic heterocycles. The highest BCUT2D eigenvalue weighted by atomic mass is 35.5. The first-order chi connectivity index (χ1) is 7.56. The number of benzene rings is 1. The Morgan fingerprint density at radius 2 is 2.12 bits per heavy atom. The average Bonchev–Trinajstić information content (AvgIpc) is 2.50. The Labute approximate surface area is 99.7 Å². The third-order valence-electron chi connectivity index (χ3n) is 1.89. The molecular weight excluding hydrogens is 253 g/mol. The molecule has 0 radical (unpaired) electrons. The van der Waals surface area contributed by atoms with Gasteiger partial charge in [-0.25, -0.2) is 4.39 Å². The number of imide groups is 1. The van der Waals surface area contributed by atoms with Crippen molar-refractivity contribution < 1.29 is 14.0 Å². The maximum Gasteiger partial charge on any atom is 0.290 e. The van der Waals surface area contributed by atoms with Crippen LogP contribution in [0.5, 0.6) is 0 Å². The summed E-state index contributed by atoms with van der Waals surface area (Å²) in [5, 5.41) is 1.89. The van der Waals surface area contributed by atoms with Crippen molar-refractivity contribution in [2.75, 3.05) is 0 Å². The Kier molecular flexibility index (Phi) is 2.98. The Balaban J connectivity index is 2.36. The van der Waals surface area contributed by atoms with E-state index in [4.69, 9.17) is 11.6 Å². The molecule has 1 aromatic carbocycles. The van der Waals surface area contributed by atoms with Crippen LogP contribution in [0.2, 0.25) is 5.02 Å². The van der Waals surface area contributed by atoms with Crippen molar-refractivity contribution in [3.05, 3.63) is 39.5 Å². The minimum Gasteiger partial charge on any atom is -0.282 e. The SMILES string of the molecule is O=C1NC(=O)C(=Cc2ccc(F)cc2Cl)S1. The van der Waals surface area contributed by atoms with E-state index < -0.39 is 17.0 Å². The van der Waals surface area contributed by atoms with Crippen molar-refractivity contribution in [1.82, 2.24) is 5.32 Å². The number of halogens is 2. The molecule has 1 N–H and O–H groups in total. The number of carbonyl (C=O) groups is 2. The number of hydrogen-bond donors (Lipinski definition) is 1. The average molecular weight is 258 g/mol. The molecule has 0 saturated carbocycles. The van der Waals surface area contributed by atoms with Crippen molar-refractivity contribution in [2.24, 2.45) is 0 Å². The summed E-state index contributed by atoms with van der Waals surface area (Å²) in [4.78, 5) is 22.4. The van der Waals surface area contributed by atoms with Gasteiger partial charge in [0.15, 0.2) is 0 Å². The van der Waals surface area contributed by atoms with E-state index in [1.165, 1.54) is 18.2 Å². The van der Waals surface area contributed by atoms with Crippen LogP contribution < -0.4 is 5.32 Å². The van der Waals surface area contributed by atoms with Gasteiger partial charge in [0.25, 0.3) is 11.1 Å². The molecule has 0 aliphatic carbocycles. The van der Waals surface area contributed by atoms with Crippen molar-refractivity contribution in [3.8, 4) is 0 Å². The molecule has 1 saturated heterocycles. The summed E-state index contributed by atoms with van der Waals surface area (Å²) >= 11 is 6.57. The lowest BCUT2D eigenvalue weighted by Crippen LogP contribution is -2.17. The van der Waals surface area contributed by atoms with Gasteiger partial charge in [-0.1, -0.05) is 17.7 Å². The van der Waals surface area contributed by atoms with Gasteiger partial charge in [-0.2, -0.15) is 0 Å². The van der Waals surface area contributed by atoms with Crippen molar-refractivity contribution in [1.29, 1.82) is 0 Å². The number of thioether (sulfide) groups is 1. The van der Waals surface area contributed by atoms with E-state index in [1.54, 1.807) is 0 Å². The summed E-state index contributed by atoms with van der Waals surface area (Å²) in [6.45, 7) is 0. The third kappa shape index (κ3) is 2.25. The zero-order valence-electron chi connectivity index (χ0n) is 7.79. The molecule has 1 aromatic rings. The summed E-state index contributed by atoms with van der Waals surface area (Å²) in [6, 6.07) is 3.83. The first kappa shape index (κ1) is 11.2. The molecule has 1 heterocycles. The standard InChI is InChI=1S/C10H5ClFNO2S/c11-7-4-6(12)2-1-5(7)3-8-9(14)13-10(15)16-8/h1-4H,(H,13,14,15). The lowest BCUT2D eigenvalue weighted by atomic mass is 10.2. The zero-order valence-corrected chi connectivity index (χ0v) is 9.36. The number of hydrogen-bond acceptors (Lipinski definition) is 3. The Morgan fingerprint density at radius 3 is 2.69 bits per heavy atom. The molecule has 16 heavy (non-hydrogen) atoms. The van der Waals surface area contributed by atoms with E-state index in [1.807, 2.05) is 0 Å². The molecule has 0 unspecified atom stereocenters. The lowest BCUT2D eigenvalue weighted by Gasteiger charge is -1.98. The second-order valence-electron chi connectivity index (χ2n) is 3.02. The van der Waals surface area contributed by atoms with Crippen LogP contribution in [0.1, 0.15) is 5.56 Å². The zero-order chi connectivity index (χ0) is 11.7. The van der Waals surface area contributed by atoms with E-state index in [0.29, 0.717) is 5.56 Å². The van der Waals surface area contributed by atoms with Crippen LogP contribution in [0.4, 0.5) is 9.18 Å². The molecule has 6 heteroatoms. The summed E-state index contributed by atoms with van der Waals surface area (Å²) in [7, 11) is 0. The molecule has 1 aliphatic rings. The van der Waals surface area contributed by atoms with E-state index in [2.05, 4.69) is 5.32 Å². The smallest absolute Gasteiger partial charge is 0.282 e. The molecule has 3 nitrogen and oxygen atoms in total. The number of amides is 2. The summed E-state index contributed by atoms with van der Waals surface area (Å²) in [5.74, 6) is -0.915. The minimum absolute atomic E-state index is 0.195. The third-order valence-corrected chi connectivity index (χ3v) is 3.03. The predicted octanol–water partition coefficient (Wildman–Crippen LogP) is 2.80. The first-order valence-electron chi connectivity index (χ1n) is 4.26. The molecule has 0 bridgehead atoms. The lowest BCUT2D eigenvalue weighted by molar-refractivity contribution is -0.115. The first-order valence-corrected chi connectivity index (χ1v) is 5.45. The fourth-order valence-corrected chi connectivity index (χ4v) is 2.08. The van der Waals surface area contributed by atoms with E-state index in [0.717, 1.165) is 17.8 Å². The fraction of sp³-hybridized carbons (Fsp3) is 0. The fourth-order valence-electron chi connectivity index (χ4n) is 1.18. The van der Waals surface area contributed by atoms with Crippen LogP contribution in [-0.2, 0) is 4.79 Å². The molecule has 0 spiro atoms. The molecule has 1 aliphatic heterocycles. The number of rotatable bonds is 1. The van der Waals surface area contributed by atoms with Crippen molar-refractivity contribution in [2.45, 2.75) is 0 Å². The Morgan fingerprint density at radius 1 is 1.38 bits per heavy atom. The highest BCUT2D eigenvalue weighted by Gasteiger charge is 2.25. The molecule has 0 atom stereocenters. The second kappa shape index (κ2) is 4.27. The van der Waals surface area contributed by atoms with Gasteiger partial charge >= 0.3 is 0 Å². The van der Waals surface area contributed by atoms with Gasteiger partial charge in [-0.05, 0) is 35.5 Å². The molecule has 1 fully saturated rings. The molecule has 82 valence electrons. The maximum absolute atomic E-state index is 12.8. The van der Waals surface area contributed by atoms with Crippen LogP contribution in [0.3, 0.4) is 0 Å². The topological polar surface area (TPSA) is 46.2 Å². The van der Waals surface area contributed by atoms with Crippen LogP contribution in [0.15, 0.2) is 23.1 Å². The normalized spacial score (nSPS) is 18.0. The molecule has 2 rings (SSSR count). The largest absolute Gasteiger partial charge is 0.290 e. The van der Waals surface area contributed by atoms with Crippen LogP contribution in [0, 0.1) is 5.82 Å². The van der Waals surface area contributed by atoms with E-state index >= 15 is 0 Å². The molecule has 2 amide bonds. The van der Waals surface area contributed by atoms with Gasteiger partial charge < -0.3 is 0 Å². The Hall–Kier alpha value is -1.33. The summed E-state index contributed by atoms with van der Waals surface area (Å²) in [5.41, 5.74) is 0.496. The summed E-state index contributed by atoms with van der Waals surface area (Å²) in [6.07, 6.45) is 1.45. The minimum atomic E-state index is -0.463. The highest BCUT2D eigenvalue weighted by Crippen LogP contribution is 2.28. The molecular formula is C10H5ClFNO2S. The summed E-state index contributed by atoms with van der Waals surface area (Å²) < 4.78 is 12.8. The number of carbonyl (C=O) groups excluding carboxylic acids is 2. The van der Waals surface area contributed by atoms with Crippen LogP contribution >= 0.6 is 23.4 Å². The maximum atomic E-state index is 12.8. The van der Waals surface area contributed by atoms with E-state index in [-0.39, 0.29) is 9.93 Å². The van der Waals surface area contributed by atoms with Gasteiger partial charge in [-0.3, -0.25) is 14.9 Å². The second-order valence-corrected chi connectivity index (χ2v) is 4.44. The van der Waals surface area contributed by atoms with E-state index in [9.17, 15) is 14.0 Å².